The summed E-state index contributed by atoms with van der Waals surface area (Å²) in [6, 6.07) is 10.5. The van der Waals surface area contributed by atoms with Crippen molar-refractivity contribution in [2.24, 2.45) is 10.2 Å². The summed E-state index contributed by atoms with van der Waals surface area (Å²) >= 11 is 13.1. The van der Waals surface area contributed by atoms with E-state index >= 15 is 0 Å². The highest BCUT2D eigenvalue weighted by Gasteiger charge is 2.32. The Balaban J connectivity index is 1.67. The zero-order valence-electron chi connectivity index (χ0n) is 16.9. The van der Waals surface area contributed by atoms with Crippen LogP contribution in [0, 0.1) is 0 Å². The van der Waals surface area contributed by atoms with Crippen LogP contribution >= 0.6 is 35.0 Å². The van der Waals surface area contributed by atoms with Crippen LogP contribution in [0.3, 0.4) is 0 Å². The number of hydrogen-bond donors (Lipinski definition) is 2. The Hall–Kier alpha value is -2.75. The molecule has 1 saturated heterocycles. The van der Waals surface area contributed by atoms with Gasteiger partial charge in [0.2, 0.25) is 5.91 Å². The molecule has 0 bridgehead atoms. The third-order valence-electron chi connectivity index (χ3n) is 4.16. The summed E-state index contributed by atoms with van der Waals surface area (Å²) in [5, 5.41) is 19.9. The van der Waals surface area contributed by atoms with Crippen LogP contribution in [0.5, 0.6) is 11.5 Å². The number of carboxylic acids is 1. The first-order chi connectivity index (χ1) is 15.4. The third-order valence-corrected chi connectivity index (χ3v) is 5.82. The Bertz CT molecular complexity index is 1080. The number of amidine groups is 1. The lowest BCUT2D eigenvalue weighted by atomic mass is 10.2. The highest BCUT2D eigenvalue weighted by molar-refractivity contribution is 8.15. The number of amides is 1. The Morgan fingerprint density at radius 2 is 2.03 bits per heavy atom. The third kappa shape index (κ3) is 6.62. The van der Waals surface area contributed by atoms with Gasteiger partial charge in [-0.05, 0) is 42.8 Å². The van der Waals surface area contributed by atoms with E-state index in [0.717, 1.165) is 17.3 Å². The summed E-state index contributed by atoms with van der Waals surface area (Å²) in [5.74, 6) is -0.380. The minimum absolute atomic E-state index is 0.242. The van der Waals surface area contributed by atoms with Crippen LogP contribution in [0.4, 0.5) is 0 Å². The van der Waals surface area contributed by atoms with Crippen molar-refractivity contribution in [2.75, 3.05) is 6.61 Å². The SMILES string of the molecule is CCOc1cc(/C=N\N=C2\NC(=O)[C@H](CC(=O)O)S2)ccc1OCc1ccc(Cl)cc1Cl. The minimum atomic E-state index is -1.05. The topological polar surface area (TPSA) is 110 Å². The number of rotatable bonds is 9. The molecule has 0 aromatic heterocycles. The minimum Gasteiger partial charge on any atom is -0.490 e. The van der Waals surface area contributed by atoms with Gasteiger partial charge in [0, 0.05) is 15.6 Å². The van der Waals surface area contributed by atoms with Crippen LogP contribution in [0.2, 0.25) is 10.0 Å². The van der Waals surface area contributed by atoms with Crippen molar-refractivity contribution in [3.63, 3.8) is 0 Å². The van der Waals surface area contributed by atoms with E-state index < -0.39 is 17.1 Å². The molecule has 168 valence electrons. The smallest absolute Gasteiger partial charge is 0.305 e. The molecule has 2 aromatic carbocycles. The average Bonchev–Trinajstić information content (AvgIpc) is 3.07. The standard InChI is InChI=1S/C21H19Cl2N3O5S/c1-2-30-17-7-12(10-24-26-21-25-20(29)18(32-21)9-19(27)28)3-6-16(17)31-11-13-4-5-14(22)8-15(13)23/h3-8,10,18H,2,9,11H2,1H3,(H,27,28)(H,25,26,29)/b24-10-/t18-/m0/s1. The van der Waals surface area contributed by atoms with Crippen molar-refractivity contribution in [3.05, 3.63) is 57.6 Å². The van der Waals surface area contributed by atoms with Crippen molar-refractivity contribution in [1.29, 1.82) is 0 Å². The quantitative estimate of drug-likeness (QED) is 0.394. The Morgan fingerprint density at radius 1 is 1.22 bits per heavy atom. The zero-order valence-corrected chi connectivity index (χ0v) is 19.2. The van der Waals surface area contributed by atoms with Crippen LogP contribution in [0.15, 0.2) is 46.6 Å². The van der Waals surface area contributed by atoms with Gasteiger partial charge in [-0.3, -0.25) is 9.59 Å². The number of carbonyl (C=O) groups is 2. The van der Waals surface area contributed by atoms with Gasteiger partial charge in [-0.25, -0.2) is 0 Å². The summed E-state index contributed by atoms with van der Waals surface area (Å²) in [7, 11) is 0. The predicted octanol–water partition coefficient (Wildman–Crippen LogP) is 4.37. The Morgan fingerprint density at radius 3 is 2.75 bits per heavy atom. The van der Waals surface area contributed by atoms with Gasteiger partial charge < -0.3 is 19.9 Å². The number of aliphatic carboxylic acids is 1. The van der Waals surface area contributed by atoms with Crippen LogP contribution in [0.25, 0.3) is 0 Å². The van der Waals surface area contributed by atoms with Gasteiger partial charge in [0.15, 0.2) is 16.7 Å². The van der Waals surface area contributed by atoms with Crippen molar-refractivity contribution < 1.29 is 24.2 Å². The molecular formula is C21H19Cl2N3O5S. The second-order valence-corrected chi connectivity index (χ2v) is 8.54. The van der Waals surface area contributed by atoms with Crippen LogP contribution < -0.4 is 14.8 Å². The number of ether oxygens (including phenoxy) is 2. The molecule has 0 unspecified atom stereocenters. The maximum absolute atomic E-state index is 11.7. The fraction of sp³-hybridized carbons (Fsp3) is 0.238. The second-order valence-electron chi connectivity index (χ2n) is 6.51. The van der Waals surface area contributed by atoms with Crippen molar-refractivity contribution in [3.8, 4) is 11.5 Å². The fourth-order valence-corrected chi connectivity index (χ4v) is 4.06. The molecule has 0 spiro atoms. The van der Waals surface area contributed by atoms with Gasteiger partial charge in [0.25, 0.3) is 0 Å². The fourth-order valence-electron chi connectivity index (χ4n) is 2.68. The number of nitrogens with one attached hydrogen (secondary N) is 1. The zero-order chi connectivity index (χ0) is 23.1. The molecular weight excluding hydrogens is 477 g/mol. The lowest BCUT2D eigenvalue weighted by Crippen LogP contribution is -2.26. The second kappa shape index (κ2) is 11.2. The molecule has 3 rings (SSSR count). The maximum Gasteiger partial charge on any atom is 0.305 e. The summed E-state index contributed by atoms with van der Waals surface area (Å²) < 4.78 is 11.5. The highest BCUT2D eigenvalue weighted by atomic mass is 35.5. The van der Waals surface area contributed by atoms with Crippen molar-refractivity contribution in [2.45, 2.75) is 25.2 Å². The van der Waals surface area contributed by atoms with E-state index in [1.54, 1.807) is 36.4 Å². The van der Waals surface area contributed by atoms with E-state index in [0.29, 0.717) is 33.7 Å². The summed E-state index contributed by atoms with van der Waals surface area (Å²) in [5.41, 5.74) is 1.49. The maximum atomic E-state index is 11.7. The summed E-state index contributed by atoms with van der Waals surface area (Å²) in [4.78, 5) is 22.5. The summed E-state index contributed by atoms with van der Waals surface area (Å²) in [6.45, 7) is 2.54. The van der Waals surface area contributed by atoms with Gasteiger partial charge >= 0.3 is 5.97 Å². The largest absolute Gasteiger partial charge is 0.490 e. The number of hydrogen-bond acceptors (Lipinski definition) is 7. The molecule has 2 aromatic rings. The predicted molar refractivity (Wildman–Crippen MR) is 125 cm³/mol. The first-order valence-electron chi connectivity index (χ1n) is 9.49. The first kappa shape index (κ1) is 23.9. The molecule has 1 amide bonds. The van der Waals surface area contributed by atoms with Gasteiger partial charge in [0.1, 0.15) is 11.9 Å². The summed E-state index contributed by atoms with van der Waals surface area (Å²) in [6.07, 6.45) is 1.21. The first-order valence-corrected chi connectivity index (χ1v) is 11.1. The molecule has 0 aliphatic carbocycles. The van der Waals surface area contributed by atoms with Crippen LogP contribution in [-0.4, -0.2) is 40.2 Å². The number of halogens is 2. The van der Waals surface area contributed by atoms with Gasteiger partial charge in [0.05, 0.1) is 19.2 Å². The lowest BCUT2D eigenvalue weighted by molar-refractivity contribution is -0.138. The number of nitrogens with zero attached hydrogens (tertiary/aromatic N) is 2. The molecule has 1 fully saturated rings. The Kier molecular flexibility index (Phi) is 8.38. The van der Waals surface area contributed by atoms with Crippen LogP contribution in [-0.2, 0) is 16.2 Å². The highest BCUT2D eigenvalue weighted by Crippen LogP contribution is 2.30. The number of carbonyl (C=O) groups excluding carboxylic acids is 1. The molecule has 11 heteroatoms. The molecule has 0 radical (unpaired) electrons. The molecule has 8 nitrogen and oxygen atoms in total. The molecule has 1 aliphatic rings. The van der Waals surface area contributed by atoms with Crippen molar-refractivity contribution in [1.82, 2.24) is 5.32 Å². The number of carboxylic acid groups (broad SMARTS) is 1. The van der Waals surface area contributed by atoms with E-state index in [1.165, 1.54) is 6.21 Å². The van der Waals surface area contributed by atoms with E-state index in [4.69, 9.17) is 37.8 Å². The van der Waals surface area contributed by atoms with E-state index in [2.05, 4.69) is 15.5 Å². The molecule has 1 aliphatic heterocycles. The molecule has 1 atom stereocenters. The Labute approximate surface area is 198 Å². The van der Waals surface area contributed by atoms with Crippen molar-refractivity contribution >= 4 is 58.2 Å². The molecule has 0 saturated carbocycles. The van der Waals surface area contributed by atoms with E-state index in [9.17, 15) is 9.59 Å². The van der Waals surface area contributed by atoms with E-state index in [1.807, 2.05) is 6.92 Å². The number of benzene rings is 2. The molecule has 32 heavy (non-hydrogen) atoms. The monoisotopic (exact) mass is 495 g/mol. The average molecular weight is 496 g/mol. The van der Waals surface area contributed by atoms with Gasteiger partial charge in [-0.15, -0.1) is 5.10 Å². The van der Waals surface area contributed by atoms with Crippen LogP contribution in [0.1, 0.15) is 24.5 Å². The lowest BCUT2D eigenvalue weighted by Gasteiger charge is -2.13. The van der Waals surface area contributed by atoms with Gasteiger partial charge in [-0.2, -0.15) is 5.10 Å². The van der Waals surface area contributed by atoms with E-state index in [-0.39, 0.29) is 18.2 Å². The normalized spacial score (nSPS) is 17.0. The van der Waals surface area contributed by atoms with Gasteiger partial charge in [-0.1, -0.05) is 41.0 Å². The number of thioether (sulfide) groups is 1. The molecule has 1 heterocycles. The molecule has 2 N–H and O–H groups in total.